The summed E-state index contributed by atoms with van der Waals surface area (Å²) in [6.45, 7) is 5.18. The highest BCUT2D eigenvalue weighted by molar-refractivity contribution is 5.97. The molecule has 0 spiro atoms. The Kier molecular flexibility index (Phi) is 3.65. The van der Waals surface area contributed by atoms with Gasteiger partial charge in [0.05, 0.1) is 11.8 Å². The summed E-state index contributed by atoms with van der Waals surface area (Å²) in [4.78, 5) is 22.6. The van der Waals surface area contributed by atoms with E-state index in [0.717, 1.165) is 0 Å². The number of carbonyl (C=O) groups excluding carboxylic acids is 1. The maximum absolute atomic E-state index is 11.7. The van der Waals surface area contributed by atoms with Crippen LogP contribution in [0.4, 0.5) is 0 Å². The Bertz CT molecular complexity index is 398. The van der Waals surface area contributed by atoms with Gasteiger partial charge in [0.15, 0.2) is 0 Å². The number of carboxylic acids is 1. The van der Waals surface area contributed by atoms with E-state index in [9.17, 15) is 9.59 Å². The summed E-state index contributed by atoms with van der Waals surface area (Å²) >= 11 is 0. The Hall–Kier alpha value is -1.85. The zero-order valence-electron chi connectivity index (χ0n) is 9.44. The molecule has 3 N–H and O–H groups in total. The normalized spacial score (nSPS) is 12.5. The third-order valence-electron chi connectivity index (χ3n) is 2.29. The van der Waals surface area contributed by atoms with Crippen LogP contribution >= 0.6 is 0 Å². The number of hydrogen-bond acceptors (Lipinski definition) is 3. The largest absolute Gasteiger partial charge is 0.480 e. The molecule has 0 saturated carbocycles. The lowest BCUT2D eigenvalue weighted by Crippen LogP contribution is -2.44. The molecule has 0 saturated heterocycles. The molecule has 1 atom stereocenters. The van der Waals surface area contributed by atoms with Gasteiger partial charge in [-0.3, -0.25) is 9.89 Å². The Balaban J connectivity index is 2.77. The summed E-state index contributed by atoms with van der Waals surface area (Å²) in [6, 6.07) is -0.887. The molecule has 88 valence electrons. The predicted octanol–water partition coefficient (Wildman–Crippen LogP) is 0.557. The number of aliphatic carboxylic acids is 1. The van der Waals surface area contributed by atoms with Crippen molar-refractivity contribution >= 4 is 11.9 Å². The summed E-state index contributed by atoms with van der Waals surface area (Å²) in [6.07, 6.45) is 1.38. The summed E-state index contributed by atoms with van der Waals surface area (Å²) in [7, 11) is 0. The number of aromatic nitrogens is 2. The average Bonchev–Trinajstić information content (AvgIpc) is 2.59. The second-order valence-electron chi connectivity index (χ2n) is 3.94. The molecule has 16 heavy (non-hydrogen) atoms. The first kappa shape index (κ1) is 12.2. The molecule has 0 bridgehead atoms. The van der Waals surface area contributed by atoms with Crippen LogP contribution in [0.5, 0.6) is 0 Å². The van der Waals surface area contributed by atoms with Crippen molar-refractivity contribution in [3.8, 4) is 0 Å². The standard InChI is InChI=1S/C10H15N3O3/c1-5(2)8(10(15)16)12-9(14)7-4-11-13-6(7)3/h4-5,8H,1-3H3,(H,11,13)(H,12,14)(H,15,16)/t8-/m0/s1. The van der Waals surface area contributed by atoms with E-state index in [1.54, 1.807) is 20.8 Å². The number of nitrogens with one attached hydrogen (secondary N) is 2. The molecule has 1 aromatic heterocycles. The molecular formula is C10H15N3O3. The van der Waals surface area contributed by atoms with Crippen LogP contribution in [0.1, 0.15) is 29.9 Å². The second-order valence-corrected chi connectivity index (χ2v) is 3.94. The van der Waals surface area contributed by atoms with Gasteiger partial charge in [0.2, 0.25) is 0 Å². The predicted molar refractivity (Wildman–Crippen MR) is 57.1 cm³/mol. The van der Waals surface area contributed by atoms with E-state index in [1.165, 1.54) is 6.20 Å². The van der Waals surface area contributed by atoms with Gasteiger partial charge in [-0.15, -0.1) is 0 Å². The molecule has 1 aromatic rings. The van der Waals surface area contributed by atoms with Crippen LogP contribution < -0.4 is 5.32 Å². The van der Waals surface area contributed by atoms with Crippen LogP contribution in [0.3, 0.4) is 0 Å². The van der Waals surface area contributed by atoms with E-state index < -0.39 is 17.9 Å². The van der Waals surface area contributed by atoms with Crippen molar-refractivity contribution in [2.45, 2.75) is 26.8 Å². The first-order chi connectivity index (χ1) is 7.43. The molecule has 1 rings (SSSR count). The highest BCUT2D eigenvalue weighted by atomic mass is 16.4. The molecule has 0 aliphatic heterocycles. The van der Waals surface area contributed by atoms with Crippen molar-refractivity contribution in [2.24, 2.45) is 5.92 Å². The maximum atomic E-state index is 11.7. The van der Waals surface area contributed by atoms with Crippen LogP contribution in [0.15, 0.2) is 6.20 Å². The van der Waals surface area contributed by atoms with E-state index in [4.69, 9.17) is 5.11 Å². The van der Waals surface area contributed by atoms with Gasteiger partial charge in [-0.2, -0.15) is 5.10 Å². The minimum Gasteiger partial charge on any atom is -0.480 e. The topological polar surface area (TPSA) is 95.1 Å². The van der Waals surface area contributed by atoms with Gasteiger partial charge in [0, 0.05) is 5.69 Å². The number of rotatable bonds is 4. The minimum atomic E-state index is -1.04. The highest BCUT2D eigenvalue weighted by Gasteiger charge is 2.24. The third-order valence-corrected chi connectivity index (χ3v) is 2.29. The molecule has 1 amide bonds. The van der Waals surface area contributed by atoms with E-state index >= 15 is 0 Å². The average molecular weight is 225 g/mol. The van der Waals surface area contributed by atoms with Crippen molar-refractivity contribution in [2.75, 3.05) is 0 Å². The van der Waals surface area contributed by atoms with Gasteiger partial charge in [-0.25, -0.2) is 4.79 Å². The van der Waals surface area contributed by atoms with Gasteiger partial charge in [-0.1, -0.05) is 13.8 Å². The quantitative estimate of drug-likeness (QED) is 0.697. The smallest absolute Gasteiger partial charge is 0.326 e. The maximum Gasteiger partial charge on any atom is 0.326 e. The van der Waals surface area contributed by atoms with E-state index in [-0.39, 0.29) is 5.92 Å². The summed E-state index contributed by atoms with van der Waals surface area (Å²) < 4.78 is 0. The van der Waals surface area contributed by atoms with Crippen molar-refractivity contribution in [3.05, 3.63) is 17.5 Å². The third kappa shape index (κ3) is 2.59. The van der Waals surface area contributed by atoms with Crippen LogP contribution in [-0.4, -0.2) is 33.2 Å². The second kappa shape index (κ2) is 4.78. The first-order valence-electron chi connectivity index (χ1n) is 4.97. The van der Waals surface area contributed by atoms with Crippen molar-refractivity contribution in [3.63, 3.8) is 0 Å². The highest BCUT2D eigenvalue weighted by Crippen LogP contribution is 2.06. The first-order valence-corrected chi connectivity index (χ1v) is 4.97. The SMILES string of the molecule is Cc1[nH]ncc1C(=O)N[C@H](C(=O)O)C(C)C. The number of H-pyrrole nitrogens is 1. The molecule has 0 fully saturated rings. The van der Waals surface area contributed by atoms with Crippen molar-refractivity contribution < 1.29 is 14.7 Å². The molecular weight excluding hydrogens is 210 g/mol. The van der Waals surface area contributed by atoms with Crippen molar-refractivity contribution in [1.29, 1.82) is 0 Å². The molecule has 6 nitrogen and oxygen atoms in total. The molecule has 0 aliphatic carbocycles. The number of carboxylic acid groups (broad SMARTS) is 1. The summed E-state index contributed by atoms with van der Waals surface area (Å²) in [5.74, 6) is -1.63. The fraction of sp³-hybridized carbons (Fsp3) is 0.500. The molecule has 0 radical (unpaired) electrons. The molecule has 0 unspecified atom stereocenters. The fourth-order valence-corrected chi connectivity index (χ4v) is 1.31. The number of hydrogen-bond donors (Lipinski definition) is 3. The molecule has 6 heteroatoms. The monoisotopic (exact) mass is 225 g/mol. The van der Waals surface area contributed by atoms with Crippen molar-refractivity contribution in [1.82, 2.24) is 15.5 Å². The number of aryl methyl sites for hydroxylation is 1. The van der Waals surface area contributed by atoms with Gasteiger partial charge in [0.1, 0.15) is 6.04 Å². The Morgan fingerprint density at radius 2 is 2.12 bits per heavy atom. The number of nitrogens with zero attached hydrogens (tertiary/aromatic N) is 1. The van der Waals surface area contributed by atoms with Crippen LogP contribution in [0, 0.1) is 12.8 Å². The lowest BCUT2D eigenvalue weighted by Gasteiger charge is -2.17. The minimum absolute atomic E-state index is 0.173. The molecule has 1 heterocycles. The molecule has 0 aliphatic rings. The van der Waals surface area contributed by atoms with Crippen LogP contribution in [-0.2, 0) is 4.79 Å². The number of aromatic amines is 1. The van der Waals surface area contributed by atoms with E-state index in [0.29, 0.717) is 11.3 Å². The van der Waals surface area contributed by atoms with Gasteiger partial charge in [-0.05, 0) is 12.8 Å². The number of amides is 1. The van der Waals surface area contributed by atoms with Gasteiger partial charge < -0.3 is 10.4 Å². The zero-order valence-corrected chi connectivity index (χ0v) is 9.44. The lowest BCUT2D eigenvalue weighted by atomic mass is 10.0. The van der Waals surface area contributed by atoms with E-state index in [1.807, 2.05) is 0 Å². The Morgan fingerprint density at radius 1 is 1.50 bits per heavy atom. The fourth-order valence-electron chi connectivity index (χ4n) is 1.31. The number of carbonyl (C=O) groups is 2. The Labute approximate surface area is 93.1 Å². The lowest BCUT2D eigenvalue weighted by molar-refractivity contribution is -0.140. The molecule has 0 aromatic carbocycles. The van der Waals surface area contributed by atoms with Crippen LogP contribution in [0.25, 0.3) is 0 Å². The van der Waals surface area contributed by atoms with Crippen LogP contribution in [0.2, 0.25) is 0 Å². The summed E-state index contributed by atoms with van der Waals surface area (Å²) in [5, 5.41) is 17.7. The van der Waals surface area contributed by atoms with Gasteiger partial charge >= 0.3 is 5.97 Å². The summed E-state index contributed by atoms with van der Waals surface area (Å²) in [5.41, 5.74) is 0.984. The zero-order chi connectivity index (χ0) is 12.3. The Morgan fingerprint density at radius 3 is 2.50 bits per heavy atom. The van der Waals surface area contributed by atoms with E-state index in [2.05, 4.69) is 15.5 Å². The van der Waals surface area contributed by atoms with Gasteiger partial charge in [0.25, 0.3) is 5.91 Å².